The summed E-state index contributed by atoms with van der Waals surface area (Å²) in [6.07, 6.45) is 1.02. The van der Waals surface area contributed by atoms with Crippen molar-refractivity contribution in [3.8, 4) is 0 Å². The van der Waals surface area contributed by atoms with Crippen LogP contribution < -0.4 is 5.73 Å². The minimum Gasteiger partial charge on any atom is -0.320 e. The lowest BCUT2D eigenvalue weighted by atomic mass is 10.1. The van der Waals surface area contributed by atoms with Crippen molar-refractivity contribution in [1.29, 1.82) is 0 Å². The van der Waals surface area contributed by atoms with E-state index in [1.165, 1.54) is 10.9 Å². The predicted octanol–water partition coefficient (Wildman–Crippen LogP) is 4.26. The van der Waals surface area contributed by atoms with E-state index in [2.05, 4.69) is 28.9 Å². The molecule has 0 aliphatic carbocycles. The number of rotatable bonds is 3. The molecule has 90 valence electrons. The lowest BCUT2D eigenvalue weighted by Crippen LogP contribution is -2.10. The molecule has 0 aliphatic heterocycles. The van der Waals surface area contributed by atoms with Crippen LogP contribution in [0.15, 0.2) is 34.8 Å². The molecule has 0 fully saturated rings. The van der Waals surface area contributed by atoms with Gasteiger partial charge in [-0.25, -0.2) is 4.39 Å². The first-order valence-electron chi connectivity index (χ1n) is 5.41. The van der Waals surface area contributed by atoms with Crippen LogP contribution in [0.3, 0.4) is 0 Å². The first-order chi connectivity index (χ1) is 8.11. The highest BCUT2D eigenvalue weighted by Crippen LogP contribution is 2.29. The Bertz CT molecular complexity index is 524. The molecule has 0 radical (unpaired) electrons. The van der Waals surface area contributed by atoms with E-state index >= 15 is 0 Å². The third-order valence-electron chi connectivity index (χ3n) is 2.64. The van der Waals surface area contributed by atoms with Gasteiger partial charge in [-0.3, -0.25) is 0 Å². The van der Waals surface area contributed by atoms with Gasteiger partial charge in [0, 0.05) is 9.75 Å². The maximum Gasteiger partial charge on any atom is 0.137 e. The van der Waals surface area contributed by atoms with Gasteiger partial charge in [-0.2, -0.15) is 0 Å². The van der Waals surface area contributed by atoms with Crippen LogP contribution in [0.1, 0.15) is 28.3 Å². The summed E-state index contributed by atoms with van der Waals surface area (Å²) in [6, 6.07) is 8.87. The number of aryl methyl sites for hydroxylation is 1. The van der Waals surface area contributed by atoms with Gasteiger partial charge in [0.15, 0.2) is 0 Å². The van der Waals surface area contributed by atoms with Crippen molar-refractivity contribution in [2.75, 3.05) is 0 Å². The van der Waals surface area contributed by atoms with Crippen LogP contribution in [0.2, 0.25) is 0 Å². The topological polar surface area (TPSA) is 26.0 Å². The average molecular weight is 314 g/mol. The summed E-state index contributed by atoms with van der Waals surface area (Å²) >= 11 is 4.89. The summed E-state index contributed by atoms with van der Waals surface area (Å²) in [5.41, 5.74) is 7.09. The summed E-state index contributed by atoms with van der Waals surface area (Å²) in [6.45, 7) is 2.12. The molecule has 0 amide bonds. The molecule has 2 N–H and O–H groups in total. The predicted molar refractivity (Wildman–Crippen MR) is 73.8 cm³/mol. The van der Waals surface area contributed by atoms with Gasteiger partial charge in [0.2, 0.25) is 0 Å². The van der Waals surface area contributed by atoms with Crippen LogP contribution in [-0.4, -0.2) is 0 Å². The Hall–Kier alpha value is -0.710. The molecule has 2 aromatic rings. The van der Waals surface area contributed by atoms with Crippen LogP contribution in [0.5, 0.6) is 0 Å². The fraction of sp³-hybridized carbons (Fsp3) is 0.231. The van der Waals surface area contributed by atoms with E-state index in [-0.39, 0.29) is 11.9 Å². The highest BCUT2D eigenvalue weighted by Gasteiger charge is 2.12. The molecule has 1 atom stereocenters. The van der Waals surface area contributed by atoms with Crippen molar-refractivity contribution in [2.45, 2.75) is 19.4 Å². The zero-order valence-electron chi connectivity index (χ0n) is 9.41. The largest absolute Gasteiger partial charge is 0.320 e. The molecule has 1 aromatic carbocycles. The molecule has 1 heterocycles. The summed E-state index contributed by atoms with van der Waals surface area (Å²) in [7, 11) is 0. The fourth-order valence-corrected chi connectivity index (χ4v) is 3.00. The van der Waals surface area contributed by atoms with Crippen molar-refractivity contribution in [3.63, 3.8) is 0 Å². The van der Waals surface area contributed by atoms with E-state index in [0.29, 0.717) is 4.47 Å². The zero-order valence-corrected chi connectivity index (χ0v) is 11.8. The minimum absolute atomic E-state index is 0.183. The second-order valence-corrected chi connectivity index (χ2v) is 5.86. The molecule has 2 rings (SSSR count). The molecule has 0 spiro atoms. The highest BCUT2D eigenvalue weighted by atomic mass is 79.9. The average Bonchev–Trinajstić information content (AvgIpc) is 2.80. The standard InChI is InChI=1S/C13H13BrFNS/c1-2-9-4-6-12(17-9)13(16)8-3-5-11(15)10(14)7-8/h3-7,13H,2,16H2,1H3. The lowest BCUT2D eigenvalue weighted by molar-refractivity contribution is 0.619. The number of halogens is 2. The van der Waals surface area contributed by atoms with Crippen molar-refractivity contribution in [2.24, 2.45) is 5.73 Å². The molecule has 0 saturated heterocycles. The van der Waals surface area contributed by atoms with Gasteiger partial charge in [-0.1, -0.05) is 13.0 Å². The maximum atomic E-state index is 13.1. The van der Waals surface area contributed by atoms with Gasteiger partial charge in [-0.15, -0.1) is 11.3 Å². The molecule has 1 aromatic heterocycles. The maximum absolute atomic E-state index is 13.1. The number of hydrogen-bond acceptors (Lipinski definition) is 2. The third kappa shape index (κ3) is 2.76. The van der Waals surface area contributed by atoms with Crippen molar-refractivity contribution in [3.05, 3.63) is 55.9 Å². The highest BCUT2D eigenvalue weighted by molar-refractivity contribution is 9.10. The third-order valence-corrected chi connectivity index (χ3v) is 4.56. The first-order valence-corrected chi connectivity index (χ1v) is 7.02. The van der Waals surface area contributed by atoms with Gasteiger partial charge >= 0.3 is 0 Å². The second kappa shape index (κ2) is 5.29. The number of thiophene rings is 1. The molecule has 0 aliphatic rings. The Balaban J connectivity index is 2.29. The minimum atomic E-state index is -0.263. The second-order valence-electron chi connectivity index (χ2n) is 3.81. The summed E-state index contributed by atoms with van der Waals surface area (Å²) < 4.78 is 13.6. The van der Waals surface area contributed by atoms with E-state index < -0.39 is 0 Å². The molecule has 4 heteroatoms. The SMILES string of the molecule is CCc1ccc(C(N)c2ccc(F)c(Br)c2)s1. The van der Waals surface area contributed by atoms with E-state index in [1.807, 2.05) is 6.07 Å². The Kier molecular flexibility index (Phi) is 3.97. The smallest absolute Gasteiger partial charge is 0.137 e. The Morgan fingerprint density at radius 2 is 2.12 bits per heavy atom. The van der Waals surface area contributed by atoms with Gasteiger partial charge in [-0.05, 0) is 52.2 Å². The lowest BCUT2D eigenvalue weighted by Gasteiger charge is -2.10. The number of nitrogens with two attached hydrogens (primary N) is 1. The van der Waals surface area contributed by atoms with Crippen LogP contribution in [0, 0.1) is 5.82 Å². The summed E-state index contributed by atoms with van der Waals surface area (Å²) in [5, 5.41) is 0. The fourth-order valence-electron chi connectivity index (χ4n) is 1.62. The van der Waals surface area contributed by atoms with Gasteiger partial charge < -0.3 is 5.73 Å². The number of hydrogen-bond donors (Lipinski definition) is 1. The van der Waals surface area contributed by atoms with Gasteiger partial charge in [0.05, 0.1) is 10.5 Å². The van der Waals surface area contributed by atoms with Crippen LogP contribution in [0.4, 0.5) is 4.39 Å². The monoisotopic (exact) mass is 313 g/mol. The van der Waals surface area contributed by atoms with E-state index in [4.69, 9.17) is 5.73 Å². The molecule has 17 heavy (non-hydrogen) atoms. The summed E-state index contributed by atoms with van der Waals surface area (Å²) in [5.74, 6) is -0.263. The van der Waals surface area contributed by atoms with E-state index in [9.17, 15) is 4.39 Å². The number of benzene rings is 1. The zero-order chi connectivity index (χ0) is 12.4. The van der Waals surface area contributed by atoms with Crippen molar-refractivity contribution >= 4 is 27.3 Å². The molecular weight excluding hydrogens is 301 g/mol. The van der Waals surface area contributed by atoms with Crippen LogP contribution in [0.25, 0.3) is 0 Å². The van der Waals surface area contributed by atoms with E-state index in [1.54, 1.807) is 23.5 Å². The van der Waals surface area contributed by atoms with Crippen molar-refractivity contribution in [1.82, 2.24) is 0 Å². The summed E-state index contributed by atoms with van der Waals surface area (Å²) in [4.78, 5) is 2.43. The molecule has 1 nitrogen and oxygen atoms in total. The Morgan fingerprint density at radius 3 is 2.71 bits per heavy atom. The Labute approximate surface area is 113 Å². The van der Waals surface area contributed by atoms with Crippen LogP contribution >= 0.6 is 27.3 Å². The molecule has 0 saturated carbocycles. The van der Waals surface area contributed by atoms with Crippen molar-refractivity contribution < 1.29 is 4.39 Å². The van der Waals surface area contributed by atoms with Gasteiger partial charge in [0.25, 0.3) is 0 Å². The Morgan fingerprint density at radius 1 is 1.35 bits per heavy atom. The van der Waals surface area contributed by atoms with E-state index in [0.717, 1.165) is 16.9 Å². The van der Waals surface area contributed by atoms with Crippen LogP contribution in [-0.2, 0) is 6.42 Å². The normalized spacial score (nSPS) is 12.7. The quantitative estimate of drug-likeness (QED) is 0.900. The molecule has 0 bridgehead atoms. The van der Waals surface area contributed by atoms with Gasteiger partial charge in [0.1, 0.15) is 5.82 Å². The molecule has 1 unspecified atom stereocenters. The first kappa shape index (κ1) is 12.7. The molecular formula is C13H13BrFNS.